The molecule has 0 unspecified atom stereocenters. The normalized spacial score (nSPS) is 12.8. The summed E-state index contributed by atoms with van der Waals surface area (Å²) in [6.45, 7) is 6.54. The second-order valence-electron chi connectivity index (χ2n) is 5.00. The molecule has 0 fully saturated rings. The number of benzene rings is 1. The molecule has 0 N–H and O–H groups in total. The molecule has 0 amide bonds. The van der Waals surface area contributed by atoms with Crippen molar-refractivity contribution >= 4 is 0 Å². The molecule has 1 aromatic rings. The van der Waals surface area contributed by atoms with Crippen LogP contribution in [-0.4, -0.2) is 21.3 Å². The average Bonchev–Trinajstić information content (AvgIpc) is 2.32. The lowest BCUT2D eigenvalue weighted by molar-refractivity contribution is -0.364. The van der Waals surface area contributed by atoms with Crippen LogP contribution in [0.3, 0.4) is 0 Å². The fourth-order valence-electron chi connectivity index (χ4n) is 1.78. The maximum atomic E-state index is 5.30. The highest BCUT2D eigenvalue weighted by Crippen LogP contribution is 2.29. The molecule has 96 valence electrons. The number of hydrogen-bond donors (Lipinski definition) is 0. The zero-order chi connectivity index (χ0) is 13.1. The van der Waals surface area contributed by atoms with Crippen molar-refractivity contribution in [3.8, 4) is 0 Å². The molecule has 0 spiro atoms. The van der Waals surface area contributed by atoms with E-state index in [2.05, 4.69) is 32.9 Å². The van der Waals surface area contributed by atoms with Crippen LogP contribution in [0.4, 0.5) is 0 Å². The monoisotopic (exact) mass is 238 g/mol. The zero-order valence-corrected chi connectivity index (χ0v) is 11.5. The summed E-state index contributed by atoms with van der Waals surface area (Å²) in [7, 11) is 4.68. The van der Waals surface area contributed by atoms with Gasteiger partial charge in [0.1, 0.15) is 0 Å². The fourth-order valence-corrected chi connectivity index (χ4v) is 1.78. The van der Waals surface area contributed by atoms with Gasteiger partial charge in [-0.1, -0.05) is 45.0 Å². The molecule has 0 saturated heterocycles. The van der Waals surface area contributed by atoms with Crippen LogP contribution in [0.2, 0.25) is 0 Å². The van der Waals surface area contributed by atoms with Crippen molar-refractivity contribution < 1.29 is 14.2 Å². The molecule has 17 heavy (non-hydrogen) atoms. The van der Waals surface area contributed by atoms with E-state index in [1.807, 2.05) is 12.1 Å². The summed E-state index contributed by atoms with van der Waals surface area (Å²) in [5.41, 5.74) is 2.24. The summed E-state index contributed by atoms with van der Waals surface area (Å²) in [5, 5.41) is 0. The van der Waals surface area contributed by atoms with Gasteiger partial charge in [0.15, 0.2) is 0 Å². The highest BCUT2D eigenvalue weighted by Gasteiger charge is 2.32. The van der Waals surface area contributed by atoms with Crippen molar-refractivity contribution in [2.45, 2.75) is 32.2 Å². The molecular weight excluding hydrogens is 216 g/mol. The molecule has 1 rings (SSSR count). The lowest BCUT2D eigenvalue weighted by Gasteiger charge is -2.29. The molecule has 1 aromatic carbocycles. The predicted octanol–water partition coefficient (Wildman–Crippen LogP) is 3.03. The van der Waals surface area contributed by atoms with Gasteiger partial charge < -0.3 is 14.2 Å². The minimum Gasteiger partial charge on any atom is -0.327 e. The predicted molar refractivity (Wildman–Crippen MR) is 67.8 cm³/mol. The third-order valence-corrected chi connectivity index (χ3v) is 2.91. The summed E-state index contributed by atoms with van der Waals surface area (Å²) in [4.78, 5) is 0. The highest BCUT2D eigenvalue weighted by atomic mass is 16.9. The van der Waals surface area contributed by atoms with Gasteiger partial charge in [-0.25, -0.2) is 0 Å². The lowest BCUT2D eigenvalue weighted by atomic mass is 9.86. The van der Waals surface area contributed by atoms with Crippen LogP contribution < -0.4 is 0 Å². The smallest absolute Gasteiger partial charge is 0.311 e. The van der Waals surface area contributed by atoms with Gasteiger partial charge in [0.2, 0.25) is 0 Å². The number of ether oxygens (including phenoxy) is 3. The topological polar surface area (TPSA) is 27.7 Å². The third kappa shape index (κ3) is 2.86. The third-order valence-electron chi connectivity index (χ3n) is 2.91. The first kappa shape index (κ1) is 14.2. The fraction of sp³-hybridized carbons (Fsp3) is 0.571. The van der Waals surface area contributed by atoms with Crippen LogP contribution in [0, 0.1) is 0 Å². The van der Waals surface area contributed by atoms with E-state index in [1.54, 1.807) is 21.3 Å². The van der Waals surface area contributed by atoms with E-state index in [0.717, 1.165) is 5.56 Å². The molecule has 3 nitrogen and oxygen atoms in total. The van der Waals surface area contributed by atoms with Crippen molar-refractivity contribution in [3.63, 3.8) is 0 Å². The second kappa shape index (κ2) is 5.17. The summed E-state index contributed by atoms with van der Waals surface area (Å²) < 4.78 is 15.9. The van der Waals surface area contributed by atoms with Crippen molar-refractivity contribution in [2.75, 3.05) is 21.3 Å². The molecule has 0 aliphatic heterocycles. The second-order valence-corrected chi connectivity index (χ2v) is 5.00. The molecule has 0 aliphatic carbocycles. The largest absolute Gasteiger partial charge is 0.327 e. The Morgan fingerprint density at radius 3 is 1.35 bits per heavy atom. The molecule has 0 bridgehead atoms. The molecule has 0 aliphatic rings. The minimum atomic E-state index is -1.11. The first-order valence-corrected chi connectivity index (χ1v) is 5.66. The maximum absolute atomic E-state index is 5.30. The molecular formula is C14H22O3. The highest BCUT2D eigenvalue weighted by molar-refractivity contribution is 5.29. The van der Waals surface area contributed by atoms with Crippen LogP contribution in [0.25, 0.3) is 0 Å². The van der Waals surface area contributed by atoms with Gasteiger partial charge in [-0.05, 0) is 11.0 Å². The van der Waals surface area contributed by atoms with E-state index in [9.17, 15) is 0 Å². The van der Waals surface area contributed by atoms with Gasteiger partial charge in [-0.2, -0.15) is 0 Å². The van der Waals surface area contributed by atoms with Crippen molar-refractivity contribution in [2.24, 2.45) is 0 Å². The first-order chi connectivity index (χ1) is 7.89. The lowest BCUT2D eigenvalue weighted by Crippen LogP contribution is -2.32. The number of rotatable bonds is 4. The average molecular weight is 238 g/mol. The number of methoxy groups -OCH3 is 3. The van der Waals surface area contributed by atoms with Gasteiger partial charge >= 0.3 is 5.97 Å². The Balaban J connectivity index is 3.09. The van der Waals surface area contributed by atoms with E-state index >= 15 is 0 Å². The Morgan fingerprint density at radius 2 is 1.06 bits per heavy atom. The molecule has 0 heterocycles. The quantitative estimate of drug-likeness (QED) is 0.755. The van der Waals surface area contributed by atoms with E-state index in [0.29, 0.717) is 0 Å². The van der Waals surface area contributed by atoms with Crippen molar-refractivity contribution in [1.82, 2.24) is 0 Å². The van der Waals surface area contributed by atoms with Crippen LogP contribution in [-0.2, 0) is 25.6 Å². The van der Waals surface area contributed by atoms with Gasteiger partial charge in [0.25, 0.3) is 0 Å². The SMILES string of the molecule is COC(OC)(OC)c1ccc(C(C)(C)C)cc1. The van der Waals surface area contributed by atoms with Crippen LogP contribution in [0.15, 0.2) is 24.3 Å². The Kier molecular flexibility index (Phi) is 4.31. The Labute approximate surface area is 104 Å². The molecule has 0 aromatic heterocycles. The van der Waals surface area contributed by atoms with E-state index in [-0.39, 0.29) is 5.41 Å². The standard InChI is InChI=1S/C14H22O3/c1-13(2,3)11-7-9-12(10-8-11)14(15-4,16-5)17-6/h7-10H,1-6H3. The molecule has 3 heteroatoms. The number of hydrogen-bond acceptors (Lipinski definition) is 3. The molecule has 0 atom stereocenters. The van der Waals surface area contributed by atoms with E-state index in [1.165, 1.54) is 5.56 Å². The summed E-state index contributed by atoms with van der Waals surface area (Å²) in [6.07, 6.45) is 0. The Hall–Kier alpha value is -0.900. The maximum Gasteiger partial charge on any atom is 0.311 e. The summed E-state index contributed by atoms with van der Waals surface area (Å²) >= 11 is 0. The molecule has 0 radical (unpaired) electrons. The Morgan fingerprint density at radius 1 is 0.706 bits per heavy atom. The van der Waals surface area contributed by atoms with Gasteiger partial charge in [0, 0.05) is 26.9 Å². The molecule has 0 saturated carbocycles. The van der Waals surface area contributed by atoms with Gasteiger partial charge in [-0.3, -0.25) is 0 Å². The van der Waals surface area contributed by atoms with E-state index in [4.69, 9.17) is 14.2 Å². The first-order valence-electron chi connectivity index (χ1n) is 5.66. The summed E-state index contributed by atoms with van der Waals surface area (Å²) in [5.74, 6) is -1.11. The van der Waals surface area contributed by atoms with Crippen LogP contribution in [0.1, 0.15) is 31.9 Å². The minimum absolute atomic E-state index is 0.133. The van der Waals surface area contributed by atoms with Crippen molar-refractivity contribution in [3.05, 3.63) is 35.4 Å². The van der Waals surface area contributed by atoms with Crippen molar-refractivity contribution in [1.29, 1.82) is 0 Å². The summed E-state index contributed by atoms with van der Waals surface area (Å²) in [6, 6.07) is 8.08. The zero-order valence-electron chi connectivity index (χ0n) is 11.5. The van der Waals surface area contributed by atoms with Gasteiger partial charge in [0.05, 0.1) is 0 Å². The van der Waals surface area contributed by atoms with E-state index < -0.39 is 5.97 Å². The van der Waals surface area contributed by atoms with Gasteiger partial charge in [-0.15, -0.1) is 0 Å². The van der Waals surface area contributed by atoms with Crippen LogP contribution >= 0.6 is 0 Å². The Bertz CT molecular complexity index is 336. The van der Waals surface area contributed by atoms with Crippen LogP contribution in [0.5, 0.6) is 0 Å².